The molecule has 0 amide bonds. The third-order valence-corrected chi connectivity index (χ3v) is 7.40. The highest BCUT2D eigenvalue weighted by Gasteiger charge is 2.22. The molecule has 208 valence electrons. The molecular weight excluding hydrogens is 502 g/mol. The van der Waals surface area contributed by atoms with Crippen LogP contribution in [0.15, 0.2) is 79.0 Å². The highest BCUT2D eigenvalue weighted by molar-refractivity contribution is 6.16. The van der Waals surface area contributed by atoms with Crippen molar-refractivity contribution in [3.63, 3.8) is 0 Å². The van der Waals surface area contributed by atoms with E-state index >= 15 is 0 Å². The van der Waals surface area contributed by atoms with E-state index in [-0.39, 0.29) is 17.9 Å². The lowest BCUT2D eigenvalue weighted by atomic mass is 10.0. The zero-order chi connectivity index (χ0) is 27.9. The van der Waals surface area contributed by atoms with Gasteiger partial charge in [-0.1, -0.05) is 42.5 Å². The molecule has 1 aliphatic carbocycles. The molecule has 0 radical (unpaired) electrons. The first-order valence-corrected chi connectivity index (χ1v) is 14.2. The van der Waals surface area contributed by atoms with Crippen molar-refractivity contribution < 1.29 is 23.8 Å². The van der Waals surface area contributed by atoms with Crippen molar-refractivity contribution >= 4 is 22.7 Å². The summed E-state index contributed by atoms with van der Waals surface area (Å²) in [7, 11) is 1.67. The topological polar surface area (TPSA) is 66.8 Å². The molecule has 0 aliphatic heterocycles. The van der Waals surface area contributed by atoms with Gasteiger partial charge in [-0.15, -0.1) is 0 Å². The summed E-state index contributed by atoms with van der Waals surface area (Å²) in [5.74, 6) is 1.29. The average Bonchev–Trinajstić information content (AvgIpc) is 3.72. The van der Waals surface area contributed by atoms with E-state index in [0.717, 1.165) is 28.8 Å². The molecule has 6 nitrogen and oxygen atoms in total. The normalized spacial score (nSPS) is 13.8. The zero-order valence-electron chi connectivity index (χ0n) is 23.3. The summed E-state index contributed by atoms with van der Waals surface area (Å²) < 4.78 is 18.8. The quantitative estimate of drug-likeness (QED) is 0.128. The summed E-state index contributed by atoms with van der Waals surface area (Å²) in [6.07, 6.45) is 6.48. The van der Waals surface area contributed by atoms with Crippen LogP contribution in [0.3, 0.4) is 0 Å². The van der Waals surface area contributed by atoms with Gasteiger partial charge in [0.15, 0.2) is 5.78 Å². The summed E-state index contributed by atoms with van der Waals surface area (Å²) in [4.78, 5) is 25.3. The second-order valence-corrected chi connectivity index (χ2v) is 10.5. The highest BCUT2D eigenvalue weighted by Crippen LogP contribution is 2.33. The van der Waals surface area contributed by atoms with Gasteiger partial charge >= 0.3 is 5.97 Å². The van der Waals surface area contributed by atoms with Gasteiger partial charge in [0, 0.05) is 48.3 Å². The number of methoxy groups -OCH3 is 1. The lowest BCUT2D eigenvalue weighted by Crippen LogP contribution is -2.14. The molecule has 3 aromatic carbocycles. The number of hydrogen-bond acceptors (Lipinski definition) is 5. The number of ketones is 1. The van der Waals surface area contributed by atoms with Crippen LogP contribution in [-0.2, 0) is 27.2 Å². The predicted octanol–water partition coefficient (Wildman–Crippen LogP) is 6.93. The lowest BCUT2D eigenvalue weighted by Gasteiger charge is -2.19. The molecule has 1 heterocycles. The first kappa shape index (κ1) is 27.7. The minimum Gasteiger partial charge on any atom is -0.483 e. The van der Waals surface area contributed by atoms with Crippen LogP contribution in [-0.4, -0.2) is 36.6 Å². The van der Waals surface area contributed by atoms with E-state index in [4.69, 9.17) is 14.2 Å². The van der Waals surface area contributed by atoms with Gasteiger partial charge in [0.2, 0.25) is 0 Å². The number of nitrogens with zero attached hydrogens (tertiary/aromatic N) is 1. The van der Waals surface area contributed by atoms with Gasteiger partial charge in [0.25, 0.3) is 0 Å². The largest absolute Gasteiger partial charge is 0.483 e. The van der Waals surface area contributed by atoms with E-state index in [1.54, 1.807) is 14.0 Å². The van der Waals surface area contributed by atoms with Crippen molar-refractivity contribution in [3.05, 3.63) is 101 Å². The standard InChI is InChI=1S/C34H37NO5/c1-3-39-33(36)9-6-20-35-22-30(29-7-4-5-8-31(29)35)34(37)27-16-18-28(19-17-27)40-32(23-38-2)26-14-12-25(13-15-26)21-24-10-11-24/h4-5,7-8,12-19,22,24,32H,3,6,9-11,20-21,23H2,1-2H3. The maximum Gasteiger partial charge on any atom is 0.305 e. The Kier molecular flexibility index (Phi) is 8.97. The van der Waals surface area contributed by atoms with Crippen molar-refractivity contribution in [1.82, 2.24) is 4.57 Å². The van der Waals surface area contributed by atoms with Crippen LogP contribution in [0.4, 0.5) is 0 Å². The fourth-order valence-corrected chi connectivity index (χ4v) is 5.12. The minimum atomic E-state index is -0.242. The van der Waals surface area contributed by atoms with Crippen LogP contribution >= 0.6 is 0 Å². The monoisotopic (exact) mass is 539 g/mol. The van der Waals surface area contributed by atoms with Gasteiger partial charge in [-0.25, -0.2) is 0 Å². The first-order valence-electron chi connectivity index (χ1n) is 14.2. The molecule has 6 heteroatoms. The molecule has 4 aromatic rings. The number of carbonyl (C=O) groups is 2. The number of esters is 1. The average molecular weight is 540 g/mol. The smallest absolute Gasteiger partial charge is 0.305 e. The zero-order valence-corrected chi connectivity index (χ0v) is 23.3. The van der Waals surface area contributed by atoms with Gasteiger partial charge in [-0.2, -0.15) is 0 Å². The third-order valence-electron chi connectivity index (χ3n) is 7.40. The fourth-order valence-electron chi connectivity index (χ4n) is 5.12. The summed E-state index contributed by atoms with van der Waals surface area (Å²) in [6.45, 7) is 3.24. The highest BCUT2D eigenvalue weighted by atomic mass is 16.5. The molecule has 1 saturated carbocycles. The van der Waals surface area contributed by atoms with Gasteiger partial charge in [-0.05, 0) is 80.0 Å². The Morgan fingerprint density at radius 2 is 1.73 bits per heavy atom. The van der Waals surface area contributed by atoms with Crippen LogP contribution in [0.2, 0.25) is 0 Å². The number of ether oxygens (including phenoxy) is 3. The van der Waals surface area contributed by atoms with Gasteiger partial charge in [0.1, 0.15) is 11.9 Å². The molecule has 0 N–H and O–H groups in total. The summed E-state index contributed by atoms with van der Waals surface area (Å²) >= 11 is 0. The van der Waals surface area contributed by atoms with Crippen molar-refractivity contribution in [2.75, 3.05) is 20.3 Å². The number of para-hydroxylation sites is 1. The maximum absolute atomic E-state index is 13.6. The molecule has 0 spiro atoms. The molecule has 1 aromatic heterocycles. The van der Waals surface area contributed by atoms with Gasteiger partial charge in [-0.3, -0.25) is 9.59 Å². The number of rotatable bonds is 14. The Balaban J connectivity index is 1.28. The van der Waals surface area contributed by atoms with E-state index in [0.29, 0.717) is 49.5 Å². The van der Waals surface area contributed by atoms with E-state index in [2.05, 4.69) is 24.3 Å². The molecular formula is C34H37NO5. The summed E-state index contributed by atoms with van der Waals surface area (Å²) in [5.41, 5.74) is 4.64. The molecule has 1 unspecified atom stereocenters. The molecule has 1 atom stereocenters. The molecule has 0 saturated heterocycles. The number of benzene rings is 3. The van der Waals surface area contributed by atoms with Gasteiger partial charge < -0.3 is 18.8 Å². The number of aromatic nitrogens is 1. The Morgan fingerprint density at radius 3 is 2.42 bits per heavy atom. The van der Waals surface area contributed by atoms with Crippen molar-refractivity contribution in [2.24, 2.45) is 5.92 Å². The fraction of sp³-hybridized carbons (Fsp3) is 0.353. The van der Waals surface area contributed by atoms with Crippen molar-refractivity contribution in [2.45, 2.75) is 51.7 Å². The second-order valence-electron chi connectivity index (χ2n) is 10.5. The maximum atomic E-state index is 13.6. The Labute approximate surface area is 235 Å². The number of fused-ring (bicyclic) bond motifs is 1. The van der Waals surface area contributed by atoms with Crippen LogP contribution in [0.25, 0.3) is 10.9 Å². The Morgan fingerprint density at radius 1 is 0.975 bits per heavy atom. The Bertz CT molecular complexity index is 1430. The van der Waals surface area contributed by atoms with Crippen molar-refractivity contribution in [1.29, 1.82) is 0 Å². The molecule has 0 bridgehead atoms. The molecule has 1 aliphatic rings. The minimum absolute atomic E-state index is 0.0495. The van der Waals surface area contributed by atoms with E-state index < -0.39 is 0 Å². The van der Waals surface area contributed by atoms with Crippen LogP contribution < -0.4 is 4.74 Å². The van der Waals surface area contributed by atoms with E-state index in [9.17, 15) is 9.59 Å². The van der Waals surface area contributed by atoms with Crippen LogP contribution in [0.1, 0.15) is 65.8 Å². The van der Waals surface area contributed by atoms with E-state index in [1.807, 2.05) is 59.3 Å². The number of carbonyl (C=O) groups excluding carboxylic acids is 2. The summed E-state index contributed by atoms with van der Waals surface area (Å²) in [6, 6.07) is 23.8. The van der Waals surface area contributed by atoms with Crippen LogP contribution in [0, 0.1) is 5.92 Å². The summed E-state index contributed by atoms with van der Waals surface area (Å²) in [5, 5.41) is 0.897. The molecule has 1 fully saturated rings. The predicted molar refractivity (Wildman–Crippen MR) is 156 cm³/mol. The lowest BCUT2D eigenvalue weighted by molar-refractivity contribution is -0.143. The Hall–Kier alpha value is -3.90. The van der Waals surface area contributed by atoms with Crippen LogP contribution in [0.5, 0.6) is 5.75 Å². The number of aryl methyl sites for hydroxylation is 1. The number of hydrogen-bond donors (Lipinski definition) is 0. The van der Waals surface area contributed by atoms with Crippen molar-refractivity contribution in [3.8, 4) is 5.75 Å². The van der Waals surface area contributed by atoms with E-state index in [1.165, 1.54) is 18.4 Å². The second kappa shape index (κ2) is 13.0. The molecule has 5 rings (SSSR count). The third kappa shape index (κ3) is 6.80. The molecule has 40 heavy (non-hydrogen) atoms. The first-order chi connectivity index (χ1) is 19.6. The van der Waals surface area contributed by atoms with Gasteiger partial charge in [0.05, 0.1) is 13.2 Å². The SMILES string of the molecule is CCOC(=O)CCCn1cc(C(=O)c2ccc(OC(COC)c3ccc(CC4CC4)cc3)cc2)c2ccccc21.